The smallest absolute Gasteiger partial charge is 0.157 e. The van der Waals surface area contributed by atoms with E-state index in [9.17, 15) is 0 Å². The van der Waals surface area contributed by atoms with Crippen LogP contribution in [0, 0.1) is 0 Å². The number of hydrogen-bond acceptors (Lipinski definition) is 5. The second-order valence-electron chi connectivity index (χ2n) is 5.28. The van der Waals surface area contributed by atoms with E-state index in [0.717, 1.165) is 11.1 Å². The molecule has 4 aromatic rings. The number of nitrogens with zero attached hydrogens (tertiary/aromatic N) is 6. The summed E-state index contributed by atoms with van der Waals surface area (Å²) < 4.78 is 9.52. The van der Waals surface area contributed by atoms with Crippen LogP contribution in [0.4, 0.5) is 0 Å². The van der Waals surface area contributed by atoms with Gasteiger partial charge in [-0.2, -0.15) is 5.10 Å². The van der Waals surface area contributed by atoms with Crippen LogP contribution < -0.4 is 4.74 Å². The SMILES string of the molecule is Cn1nnc2c(Oc3ccc(Cl)cc3Cn3cncn3)cccc21. The highest BCUT2D eigenvalue weighted by atomic mass is 35.5. The van der Waals surface area contributed by atoms with E-state index in [0.29, 0.717) is 28.6 Å². The minimum atomic E-state index is 0.506. The van der Waals surface area contributed by atoms with Crippen LogP contribution in [-0.2, 0) is 13.6 Å². The number of hydrogen-bond donors (Lipinski definition) is 0. The van der Waals surface area contributed by atoms with Crippen LogP contribution in [0.1, 0.15) is 5.56 Å². The highest BCUT2D eigenvalue weighted by Gasteiger charge is 2.12. The van der Waals surface area contributed by atoms with E-state index in [4.69, 9.17) is 16.3 Å². The zero-order valence-corrected chi connectivity index (χ0v) is 13.6. The molecule has 0 radical (unpaired) electrons. The molecule has 0 N–H and O–H groups in total. The minimum absolute atomic E-state index is 0.506. The first-order valence-electron chi connectivity index (χ1n) is 7.28. The van der Waals surface area contributed by atoms with Gasteiger partial charge in [-0.15, -0.1) is 5.10 Å². The average Bonchev–Trinajstić information content (AvgIpc) is 3.21. The molecular formula is C16H13ClN6O. The van der Waals surface area contributed by atoms with Gasteiger partial charge in [-0.25, -0.2) is 14.3 Å². The van der Waals surface area contributed by atoms with Crippen LogP contribution in [0.25, 0.3) is 11.0 Å². The molecule has 0 atom stereocenters. The fourth-order valence-electron chi connectivity index (χ4n) is 2.49. The van der Waals surface area contributed by atoms with Gasteiger partial charge in [0.15, 0.2) is 11.3 Å². The summed E-state index contributed by atoms with van der Waals surface area (Å²) in [7, 11) is 1.84. The van der Waals surface area contributed by atoms with Crippen LogP contribution in [-0.4, -0.2) is 29.8 Å². The van der Waals surface area contributed by atoms with Crippen molar-refractivity contribution in [2.45, 2.75) is 6.54 Å². The molecule has 0 amide bonds. The van der Waals surface area contributed by atoms with Gasteiger partial charge in [0.2, 0.25) is 0 Å². The van der Waals surface area contributed by atoms with Crippen molar-refractivity contribution >= 4 is 22.6 Å². The highest BCUT2D eigenvalue weighted by Crippen LogP contribution is 2.32. The normalized spacial score (nSPS) is 11.1. The first-order chi connectivity index (χ1) is 11.7. The Balaban J connectivity index is 1.73. The van der Waals surface area contributed by atoms with Crippen LogP contribution in [0.2, 0.25) is 5.02 Å². The maximum absolute atomic E-state index is 6.13. The van der Waals surface area contributed by atoms with E-state index < -0.39 is 0 Å². The monoisotopic (exact) mass is 340 g/mol. The number of ether oxygens (including phenoxy) is 1. The maximum atomic E-state index is 6.13. The summed E-state index contributed by atoms with van der Waals surface area (Å²) in [4.78, 5) is 3.96. The molecule has 0 unspecified atom stereocenters. The average molecular weight is 341 g/mol. The molecule has 0 aliphatic heterocycles. The molecule has 4 rings (SSSR count). The molecule has 0 aliphatic rings. The number of aryl methyl sites for hydroxylation is 1. The fraction of sp³-hybridized carbons (Fsp3) is 0.125. The molecule has 2 heterocycles. The quantitative estimate of drug-likeness (QED) is 0.571. The van der Waals surface area contributed by atoms with E-state index in [1.807, 2.05) is 37.4 Å². The molecule has 0 fully saturated rings. The Kier molecular flexibility index (Phi) is 3.62. The van der Waals surface area contributed by atoms with Gasteiger partial charge in [0.25, 0.3) is 0 Å². The Morgan fingerprint density at radius 2 is 2.08 bits per heavy atom. The van der Waals surface area contributed by atoms with Crippen molar-refractivity contribution in [2.75, 3.05) is 0 Å². The molecule has 8 heteroatoms. The van der Waals surface area contributed by atoms with Gasteiger partial charge in [0.05, 0.1) is 12.1 Å². The first kappa shape index (κ1) is 14.6. The van der Waals surface area contributed by atoms with Crippen molar-refractivity contribution in [1.29, 1.82) is 0 Å². The number of rotatable bonds is 4. The van der Waals surface area contributed by atoms with Crippen molar-refractivity contribution in [2.24, 2.45) is 7.05 Å². The van der Waals surface area contributed by atoms with Crippen LogP contribution in [0.3, 0.4) is 0 Å². The number of halogens is 1. The predicted molar refractivity (Wildman–Crippen MR) is 89.2 cm³/mol. The largest absolute Gasteiger partial charge is 0.455 e. The van der Waals surface area contributed by atoms with Gasteiger partial charge in [-0.1, -0.05) is 22.9 Å². The van der Waals surface area contributed by atoms with Crippen molar-refractivity contribution < 1.29 is 4.74 Å². The van der Waals surface area contributed by atoms with Crippen molar-refractivity contribution in [1.82, 2.24) is 29.8 Å². The second kappa shape index (κ2) is 5.93. The summed E-state index contributed by atoms with van der Waals surface area (Å²) >= 11 is 6.13. The van der Waals surface area contributed by atoms with Gasteiger partial charge in [-0.05, 0) is 30.3 Å². The van der Waals surface area contributed by atoms with Gasteiger partial charge in [-0.3, -0.25) is 0 Å². The summed E-state index contributed by atoms with van der Waals surface area (Å²) in [5.74, 6) is 1.33. The maximum Gasteiger partial charge on any atom is 0.157 e. The number of benzene rings is 2. The Morgan fingerprint density at radius 1 is 1.17 bits per heavy atom. The summed E-state index contributed by atoms with van der Waals surface area (Å²) in [5.41, 5.74) is 2.51. The van der Waals surface area contributed by atoms with Crippen LogP contribution >= 0.6 is 11.6 Å². The van der Waals surface area contributed by atoms with Gasteiger partial charge >= 0.3 is 0 Å². The summed E-state index contributed by atoms with van der Waals surface area (Å²) in [6.45, 7) is 0.506. The van der Waals surface area contributed by atoms with Crippen LogP contribution in [0.5, 0.6) is 11.5 Å². The molecular weight excluding hydrogens is 328 g/mol. The van der Waals surface area contributed by atoms with E-state index in [1.165, 1.54) is 6.33 Å². The topological polar surface area (TPSA) is 70.7 Å². The third kappa shape index (κ3) is 2.69. The summed E-state index contributed by atoms with van der Waals surface area (Å²) in [5, 5.41) is 13.0. The molecule has 0 saturated carbocycles. The minimum Gasteiger partial charge on any atom is -0.455 e. The lowest BCUT2D eigenvalue weighted by molar-refractivity contribution is 0.476. The lowest BCUT2D eigenvalue weighted by atomic mass is 10.2. The van der Waals surface area contributed by atoms with E-state index in [-0.39, 0.29) is 0 Å². The Labute approximate surface area is 142 Å². The lowest BCUT2D eigenvalue weighted by Gasteiger charge is -2.12. The lowest BCUT2D eigenvalue weighted by Crippen LogP contribution is -2.02. The first-order valence-corrected chi connectivity index (χ1v) is 7.65. The van der Waals surface area contributed by atoms with Gasteiger partial charge < -0.3 is 4.74 Å². The van der Waals surface area contributed by atoms with Crippen molar-refractivity contribution in [3.8, 4) is 11.5 Å². The third-order valence-corrected chi connectivity index (χ3v) is 3.88. The highest BCUT2D eigenvalue weighted by molar-refractivity contribution is 6.30. The van der Waals surface area contributed by atoms with Crippen molar-refractivity contribution in [3.63, 3.8) is 0 Å². The summed E-state index contributed by atoms with van der Waals surface area (Å²) in [6, 6.07) is 11.2. The standard InChI is InChI=1S/C16H13ClN6O/c1-22-13-3-2-4-15(16(13)20-21-22)24-14-6-5-12(17)7-11(14)8-23-10-18-9-19-23/h2-7,9-10H,8H2,1H3. The van der Waals surface area contributed by atoms with Gasteiger partial charge in [0.1, 0.15) is 18.4 Å². The number of aromatic nitrogens is 6. The molecule has 7 nitrogen and oxygen atoms in total. The molecule has 0 aliphatic carbocycles. The zero-order chi connectivity index (χ0) is 16.5. The summed E-state index contributed by atoms with van der Waals surface area (Å²) in [6.07, 6.45) is 3.14. The van der Waals surface area contributed by atoms with E-state index in [2.05, 4.69) is 20.4 Å². The third-order valence-electron chi connectivity index (χ3n) is 3.65. The Bertz CT molecular complexity index is 995. The molecule has 2 aromatic carbocycles. The molecule has 2 aromatic heterocycles. The predicted octanol–water partition coefficient (Wildman–Crippen LogP) is 3.05. The van der Waals surface area contributed by atoms with E-state index >= 15 is 0 Å². The van der Waals surface area contributed by atoms with Crippen LogP contribution in [0.15, 0.2) is 49.1 Å². The molecule has 0 bridgehead atoms. The number of fused-ring (bicyclic) bond motifs is 1. The Hall–Kier alpha value is -2.93. The molecule has 0 spiro atoms. The second-order valence-corrected chi connectivity index (χ2v) is 5.72. The Morgan fingerprint density at radius 3 is 2.92 bits per heavy atom. The van der Waals surface area contributed by atoms with E-state index in [1.54, 1.807) is 21.8 Å². The molecule has 0 saturated heterocycles. The van der Waals surface area contributed by atoms with Gasteiger partial charge in [0, 0.05) is 17.6 Å². The van der Waals surface area contributed by atoms with Crippen molar-refractivity contribution in [3.05, 3.63) is 59.6 Å². The fourth-order valence-corrected chi connectivity index (χ4v) is 2.69. The zero-order valence-electron chi connectivity index (χ0n) is 12.8. The molecule has 24 heavy (non-hydrogen) atoms. The molecule has 120 valence electrons.